The fraction of sp³-hybridized carbons (Fsp3) is 0.571. The highest BCUT2D eigenvalue weighted by molar-refractivity contribution is 14.1. The maximum Gasteiger partial charge on any atom is 0.171 e. The minimum Gasteiger partial charge on any atom is -0.416 e. The van der Waals surface area contributed by atoms with Gasteiger partial charge in [-0.15, -0.1) is 0 Å². The van der Waals surface area contributed by atoms with Crippen LogP contribution in [0.5, 0.6) is 0 Å². The van der Waals surface area contributed by atoms with Gasteiger partial charge in [-0.2, -0.15) is 0 Å². The van der Waals surface area contributed by atoms with E-state index in [0.29, 0.717) is 0 Å². The molecule has 0 aliphatic heterocycles. The fourth-order valence-corrected chi connectivity index (χ4v) is 2.77. The number of hydrogen-bond donors (Lipinski definition) is 0. The summed E-state index contributed by atoms with van der Waals surface area (Å²) in [5.74, 6) is 0. The van der Waals surface area contributed by atoms with Gasteiger partial charge in [0, 0.05) is 4.43 Å². The van der Waals surface area contributed by atoms with Gasteiger partial charge in [0.2, 0.25) is 0 Å². The van der Waals surface area contributed by atoms with Crippen LogP contribution in [0.1, 0.15) is 37.5 Å². The molecule has 0 saturated heterocycles. The van der Waals surface area contributed by atoms with Gasteiger partial charge in [-0.3, -0.25) is 0 Å². The first kappa shape index (κ1) is 15.2. The second kappa shape index (κ2) is 6.34. The van der Waals surface area contributed by atoms with Crippen molar-refractivity contribution in [3.05, 3.63) is 34.9 Å². The second-order valence-electron chi connectivity index (χ2n) is 5.73. The first-order valence-electron chi connectivity index (χ1n) is 6.14. The summed E-state index contributed by atoms with van der Waals surface area (Å²) < 4.78 is 6.94. The monoisotopic (exact) mass is 362 g/mol. The lowest BCUT2D eigenvalue weighted by molar-refractivity contribution is 0.310. The zero-order valence-electron chi connectivity index (χ0n) is 11.5. The smallest absolute Gasteiger partial charge is 0.171 e. The van der Waals surface area contributed by atoms with Crippen LogP contribution in [0.4, 0.5) is 0 Å². The zero-order valence-corrected chi connectivity index (χ0v) is 14.8. The van der Waals surface area contributed by atoms with Crippen molar-refractivity contribution in [3.8, 4) is 0 Å². The Morgan fingerprint density at radius 2 is 1.88 bits per heavy atom. The Kier molecular flexibility index (Phi) is 5.66. The summed E-state index contributed by atoms with van der Waals surface area (Å²) in [6.45, 7) is 12.0. The molecule has 0 aliphatic rings. The number of hydrogen-bond acceptors (Lipinski definition) is 1. The molecule has 0 amide bonds. The van der Waals surface area contributed by atoms with Crippen LogP contribution in [-0.4, -0.2) is 9.04 Å². The molecule has 0 heterocycles. The highest BCUT2D eigenvalue weighted by Crippen LogP contribution is 2.28. The Labute approximate surface area is 121 Å². The number of rotatable bonds is 4. The molecule has 0 radical (unpaired) electrons. The van der Waals surface area contributed by atoms with Crippen molar-refractivity contribution in [2.75, 3.05) is 0 Å². The van der Waals surface area contributed by atoms with Crippen LogP contribution in [-0.2, 0) is 20.9 Å². The Bertz CT molecular complexity index is 369. The molecule has 17 heavy (non-hydrogen) atoms. The minimum absolute atomic E-state index is 0.194. The van der Waals surface area contributed by atoms with E-state index in [2.05, 4.69) is 74.7 Å². The van der Waals surface area contributed by atoms with E-state index in [1.807, 2.05) is 0 Å². The zero-order chi connectivity index (χ0) is 13.1. The van der Waals surface area contributed by atoms with Crippen molar-refractivity contribution >= 4 is 31.6 Å². The van der Waals surface area contributed by atoms with Crippen LogP contribution in [0.2, 0.25) is 13.1 Å². The largest absolute Gasteiger partial charge is 0.416 e. The lowest BCUT2D eigenvalue weighted by Gasteiger charge is -2.24. The number of halogens is 1. The molecule has 1 aromatic carbocycles. The number of alkyl halides is 1. The lowest BCUT2D eigenvalue weighted by Crippen LogP contribution is -2.17. The molecule has 0 aromatic heterocycles. The van der Waals surface area contributed by atoms with Crippen LogP contribution in [0.15, 0.2) is 18.2 Å². The van der Waals surface area contributed by atoms with E-state index >= 15 is 0 Å². The van der Waals surface area contributed by atoms with Crippen molar-refractivity contribution in [1.29, 1.82) is 0 Å². The van der Waals surface area contributed by atoms with Gasteiger partial charge >= 0.3 is 0 Å². The van der Waals surface area contributed by atoms with E-state index in [1.165, 1.54) is 16.7 Å². The molecule has 0 N–H and O–H groups in total. The van der Waals surface area contributed by atoms with Crippen LogP contribution in [0, 0.1) is 0 Å². The maximum atomic E-state index is 5.87. The predicted octanol–water partition coefficient (Wildman–Crippen LogP) is 4.42. The van der Waals surface area contributed by atoms with Crippen molar-refractivity contribution in [2.45, 2.75) is 50.3 Å². The summed E-state index contributed by atoms with van der Waals surface area (Å²) in [4.78, 5) is 0. The maximum absolute atomic E-state index is 5.87. The molecule has 1 nitrogen and oxygen atoms in total. The molecule has 3 heteroatoms. The van der Waals surface area contributed by atoms with E-state index in [1.54, 1.807) is 0 Å². The second-order valence-corrected chi connectivity index (χ2v) is 8.93. The predicted molar refractivity (Wildman–Crippen MR) is 86.5 cm³/mol. The van der Waals surface area contributed by atoms with Crippen LogP contribution >= 0.6 is 22.6 Å². The van der Waals surface area contributed by atoms with Gasteiger partial charge in [0.25, 0.3) is 0 Å². The molecule has 1 rings (SSSR count). The normalized spacial score (nSPS) is 12.2. The molecular formula is C14H23IOSi. The summed E-state index contributed by atoms with van der Waals surface area (Å²) >= 11 is 2.42. The molecule has 0 unspecified atom stereocenters. The molecule has 96 valence electrons. The van der Waals surface area contributed by atoms with E-state index in [4.69, 9.17) is 4.43 Å². The van der Waals surface area contributed by atoms with Crippen LogP contribution < -0.4 is 0 Å². The van der Waals surface area contributed by atoms with Gasteiger partial charge in [-0.25, -0.2) is 0 Å². The van der Waals surface area contributed by atoms with Gasteiger partial charge in [0.1, 0.15) is 0 Å². The van der Waals surface area contributed by atoms with E-state index in [0.717, 1.165) is 11.0 Å². The molecule has 0 spiro atoms. The third-order valence-corrected chi connectivity index (χ3v) is 4.42. The average molecular weight is 362 g/mol. The third kappa shape index (κ3) is 4.71. The molecule has 0 fully saturated rings. The first-order valence-corrected chi connectivity index (χ1v) is 10.4. The SMILES string of the molecule is C[SiH](C)OCc1ccc(CI)cc1C(C)(C)C. The van der Waals surface area contributed by atoms with Crippen molar-refractivity contribution in [2.24, 2.45) is 0 Å². The molecule has 0 saturated carbocycles. The fourth-order valence-electron chi connectivity index (χ4n) is 1.79. The summed E-state index contributed by atoms with van der Waals surface area (Å²) in [5, 5.41) is 0. The van der Waals surface area contributed by atoms with Crippen LogP contribution in [0.3, 0.4) is 0 Å². The van der Waals surface area contributed by atoms with Crippen molar-refractivity contribution in [1.82, 2.24) is 0 Å². The minimum atomic E-state index is -0.936. The van der Waals surface area contributed by atoms with Gasteiger partial charge < -0.3 is 4.43 Å². The van der Waals surface area contributed by atoms with Crippen LogP contribution in [0.25, 0.3) is 0 Å². The summed E-state index contributed by atoms with van der Waals surface area (Å²) in [5.41, 5.74) is 4.38. The van der Waals surface area contributed by atoms with Crippen molar-refractivity contribution < 1.29 is 4.43 Å². The van der Waals surface area contributed by atoms with Gasteiger partial charge in [0.15, 0.2) is 9.04 Å². The van der Waals surface area contributed by atoms with Crippen molar-refractivity contribution in [3.63, 3.8) is 0 Å². The quantitative estimate of drug-likeness (QED) is 0.438. The number of benzene rings is 1. The Morgan fingerprint density at radius 1 is 1.24 bits per heavy atom. The Hall–Kier alpha value is 0.127. The molecule has 0 aliphatic carbocycles. The average Bonchev–Trinajstić information content (AvgIpc) is 2.24. The van der Waals surface area contributed by atoms with E-state index < -0.39 is 9.04 Å². The molecular weight excluding hydrogens is 339 g/mol. The third-order valence-electron chi connectivity index (χ3n) is 2.71. The standard InChI is InChI=1S/C14H23IOSi/c1-14(2,3)13-8-11(9-15)6-7-12(13)10-16-17(4)5/h6-8,17H,9-10H2,1-5H3. The molecule has 0 atom stereocenters. The highest BCUT2D eigenvalue weighted by Gasteiger charge is 2.18. The van der Waals surface area contributed by atoms with E-state index in [9.17, 15) is 0 Å². The first-order chi connectivity index (χ1) is 7.84. The summed E-state index contributed by atoms with van der Waals surface area (Å²) in [6, 6.07) is 6.81. The summed E-state index contributed by atoms with van der Waals surface area (Å²) in [7, 11) is -0.936. The Morgan fingerprint density at radius 3 is 2.35 bits per heavy atom. The molecule has 0 bridgehead atoms. The lowest BCUT2D eigenvalue weighted by atomic mass is 9.83. The van der Waals surface area contributed by atoms with E-state index in [-0.39, 0.29) is 5.41 Å². The highest BCUT2D eigenvalue weighted by atomic mass is 127. The van der Waals surface area contributed by atoms with Gasteiger partial charge in [0.05, 0.1) is 6.61 Å². The van der Waals surface area contributed by atoms with Gasteiger partial charge in [-0.05, 0) is 35.2 Å². The topological polar surface area (TPSA) is 9.23 Å². The molecule has 1 aromatic rings. The Balaban J connectivity index is 3.03. The van der Waals surface area contributed by atoms with Gasteiger partial charge in [-0.1, -0.05) is 61.6 Å². The summed E-state index contributed by atoms with van der Waals surface area (Å²) in [6.07, 6.45) is 0.